The summed E-state index contributed by atoms with van der Waals surface area (Å²) >= 11 is 0. The normalized spacial score (nSPS) is 15.0. The average molecular weight is 1910 g/mol. The fourth-order valence-corrected chi connectivity index (χ4v) is 24.7. The molecule has 6 aromatic heterocycles. The predicted octanol–water partition coefficient (Wildman–Crippen LogP) is 31.2. The van der Waals surface area contributed by atoms with Gasteiger partial charge in [-0.1, -0.05) is 370 Å². The molecule has 6 aliphatic rings. The Labute approximate surface area is 860 Å². The molecule has 31 rings (SSSR count). The summed E-state index contributed by atoms with van der Waals surface area (Å²) < 4.78 is 18.9. The van der Waals surface area contributed by atoms with Gasteiger partial charge in [0.15, 0.2) is 52.4 Å². The molecule has 3 atom stereocenters. The van der Waals surface area contributed by atoms with Crippen LogP contribution >= 0.6 is 0 Å². The SMILES string of the molecule is N#Cc1ccc(-c2cc3c(c4ccoc24)-c2ccccc2C32c3ccccc3-c3ccc(-c4nc(-c5ccccc5)nc(-c5ccccc5)n4)cc32)cc1.N#Cc1ccc2c(c1)C1(c3ccccc3-2)c2ccccc2-c2c1cc(-c1nc(-c3ccccc3)nc(-c3ccccc3)n1)c1occc21.N#Cc1cccc2c1-c1ccccc1C21c2ccccc2-c2c1cc(-c1nc(-c3ccccc3)nc(-c3ccccc3)n1)c1occc21. The second-order valence-corrected chi connectivity index (χ2v) is 38.3. The van der Waals surface area contributed by atoms with Gasteiger partial charge in [0, 0.05) is 66.2 Å². The molecule has 0 fully saturated rings. The lowest BCUT2D eigenvalue weighted by Crippen LogP contribution is -2.26. The Morgan fingerprint density at radius 1 is 0.167 bits per heavy atom. The third-order valence-corrected chi connectivity index (χ3v) is 30.8. The van der Waals surface area contributed by atoms with Crippen LogP contribution in [0.1, 0.15) is 83.5 Å². The fourth-order valence-electron chi connectivity index (χ4n) is 24.7. The number of fused-ring (bicyclic) bond motifs is 36. The lowest BCUT2D eigenvalue weighted by molar-refractivity contribution is 0.616. The summed E-state index contributed by atoms with van der Waals surface area (Å²) in [6.45, 7) is 0. The van der Waals surface area contributed by atoms with Crippen LogP contribution in [0.3, 0.4) is 0 Å². The summed E-state index contributed by atoms with van der Waals surface area (Å²) in [5.41, 5.74) is 40.0. The Balaban J connectivity index is 0.000000106. The van der Waals surface area contributed by atoms with E-state index < -0.39 is 16.2 Å². The zero-order valence-corrected chi connectivity index (χ0v) is 80.0. The highest BCUT2D eigenvalue weighted by Crippen LogP contribution is 2.69. The van der Waals surface area contributed by atoms with Crippen LogP contribution in [0.25, 0.3) is 213 Å². The third kappa shape index (κ3) is 12.7. The van der Waals surface area contributed by atoms with Gasteiger partial charge in [-0.2, -0.15) is 15.8 Å². The minimum absolute atomic E-state index is 0.536. The van der Waals surface area contributed by atoms with Crippen molar-refractivity contribution in [1.82, 2.24) is 44.9 Å². The monoisotopic (exact) mass is 1910 g/mol. The van der Waals surface area contributed by atoms with E-state index in [-0.39, 0.29) is 0 Å². The van der Waals surface area contributed by atoms with E-state index in [1.807, 2.05) is 224 Å². The molecule has 15 nitrogen and oxygen atoms in total. The Bertz CT molecular complexity index is 9660. The molecule has 6 aliphatic carbocycles. The highest BCUT2D eigenvalue weighted by molar-refractivity contribution is 6.13. The van der Waals surface area contributed by atoms with Gasteiger partial charge in [-0.05, 0) is 206 Å². The number of benzene rings is 19. The number of furan rings is 3. The van der Waals surface area contributed by atoms with Gasteiger partial charge in [0.2, 0.25) is 0 Å². The van der Waals surface area contributed by atoms with Crippen LogP contribution in [0.2, 0.25) is 0 Å². The summed E-state index contributed by atoms with van der Waals surface area (Å²) in [6, 6.07) is 159. The molecule has 25 aromatic rings. The summed E-state index contributed by atoms with van der Waals surface area (Å²) in [5.74, 6) is 5.31. The minimum Gasteiger partial charge on any atom is -0.464 e. The van der Waals surface area contributed by atoms with Crippen LogP contribution in [0, 0.1) is 34.0 Å². The highest BCUT2D eigenvalue weighted by atomic mass is 16.3. The Morgan fingerprint density at radius 2 is 0.433 bits per heavy atom. The van der Waals surface area contributed by atoms with Gasteiger partial charge in [0.1, 0.15) is 16.7 Å². The van der Waals surface area contributed by atoms with E-state index in [0.717, 1.165) is 161 Å². The van der Waals surface area contributed by atoms with E-state index >= 15 is 0 Å². The van der Waals surface area contributed by atoms with Gasteiger partial charge in [0.05, 0.1) is 81.1 Å². The van der Waals surface area contributed by atoms with Crippen molar-refractivity contribution in [3.8, 4) is 199 Å². The summed E-state index contributed by atoms with van der Waals surface area (Å²) in [7, 11) is 0. The van der Waals surface area contributed by atoms with E-state index in [0.29, 0.717) is 69.1 Å². The average Bonchev–Trinajstić information content (AvgIpc) is 1.50. The van der Waals surface area contributed by atoms with Crippen LogP contribution < -0.4 is 0 Å². The van der Waals surface area contributed by atoms with Crippen LogP contribution in [0.15, 0.2) is 475 Å². The van der Waals surface area contributed by atoms with Gasteiger partial charge in [-0.15, -0.1) is 0 Å². The molecule has 694 valence electrons. The zero-order valence-electron chi connectivity index (χ0n) is 80.0. The molecule has 15 heteroatoms. The molecule has 3 spiro atoms. The Morgan fingerprint density at radius 3 is 0.793 bits per heavy atom. The van der Waals surface area contributed by atoms with Crippen molar-refractivity contribution in [3.05, 3.63) is 545 Å². The molecule has 3 unspecified atom stereocenters. The molecule has 0 bridgehead atoms. The van der Waals surface area contributed by atoms with Gasteiger partial charge < -0.3 is 13.3 Å². The summed E-state index contributed by atoms with van der Waals surface area (Å²) in [6.07, 6.45) is 5.29. The zero-order chi connectivity index (χ0) is 99.4. The molecule has 0 amide bonds. The number of nitrogens with zero attached hydrogens (tertiary/aromatic N) is 12. The minimum atomic E-state index is -0.650. The summed E-state index contributed by atoms with van der Waals surface area (Å²) in [5, 5.41) is 33.0. The van der Waals surface area contributed by atoms with E-state index in [2.05, 4.69) is 237 Å². The van der Waals surface area contributed by atoms with Crippen LogP contribution in [0.5, 0.6) is 0 Å². The first-order valence-corrected chi connectivity index (χ1v) is 49.8. The van der Waals surface area contributed by atoms with E-state index in [1.54, 1.807) is 18.8 Å². The first-order chi connectivity index (χ1) is 74.2. The molecule has 19 aromatic carbocycles. The largest absolute Gasteiger partial charge is 0.464 e. The van der Waals surface area contributed by atoms with Crippen LogP contribution in [-0.4, -0.2) is 44.9 Å². The van der Waals surface area contributed by atoms with E-state index in [9.17, 15) is 15.8 Å². The van der Waals surface area contributed by atoms with Crippen LogP contribution in [-0.2, 0) is 16.2 Å². The predicted molar refractivity (Wildman–Crippen MR) is 586 cm³/mol. The number of hydrogen-bond donors (Lipinski definition) is 0. The maximum Gasteiger partial charge on any atom is 0.167 e. The number of hydrogen-bond acceptors (Lipinski definition) is 15. The second kappa shape index (κ2) is 34.0. The first-order valence-electron chi connectivity index (χ1n) is 49.8. The van der Waals surface area contributed by atoms with Crippen molar-refractivity contribution < 1.29 is 13.3 Å². The van der Waals surface area contributed by atoms with Crippen molar-refractivity contribution >= 4 is 32.9 Å². The van der Waals surface area contributed by atoms with Gasteiger partial charge >= 0.3 is 0 Å². The molecule has 0 saturated heterocycles. The molecule has 0 radical (unpaired) electrons. The molecule has 0 saturated carbocycles. The molecule has 150 heavy (non-hydrogen) atoms. The number of rotatable bonds is 10. The van der Waals surface area contributed by atoms with Crippen molar-refractivity contribution in [2.75, 3.05) is 0 Å². The van der Waals surface area contributed by atoms with Crippen LogP contribution in [0.4, 0.5) is 0 Å². The number of aromatic nitrogens is 9. The fraction of sp³-hybridized carbons (Fsp3) is 0.0222. The lowest BCUT2D eigenvalue weighted by atomic mass is 9.70. The molecular formula is C135H76N12O3. The Kier molecular flexibility index (Phi) is 19.5. The van der Waals surface area contributed by atoms with Crippen molar-refractivity contribution in [2.45, 2.75) is 16.2 Å². The second-order valence-electron chi connectivity index (χ2n) is 38.3. The molecule has 0 aliphatic heterocycles. The van der Waals surface area contributed by atoms with E-state index in [4.69, 9.17) is 58.1 Å². The van der Waals surface area contributed by atoms with Crippen molar-refractivity contribution in [1.29, 1.82) is 15.8 Å². The standard InChI is InChI=1S/C49H28N4O.2C43H24N4O/c50-29-30-19-21-31(22-20-30)39-28-43-44(38-25-26-54-45(38)39)37-16-8-10-18-41(37)49(43)40-17-9-7-15-35(40)36-24-23-34(27-42(36)49)48-52-46(32-11-3-1-4-12-32)51-47(53-48)33-13-5-2-6-14-33;44-25-28-16-11-21-35-37(28)29-17-7-9-19-33(29)43(35)34-20-10-8-18-30(34)38-31-22-23-48-39(31)32(24-36(38)43)42-46-40(26-12-3-1-4-13-26)45-41(47-42)27-14-5-2-6-15-27;44-25-26-19-20-30-29-15-7-9-17-34(29)43(36(30)23-26)35-18-10-8-16-31(35)38-32-21-22-48-39(32)33(24-37(38)43)42-46-40(27-11-3-1-4-12-27)45-41(47-42)28-13-5-2-6-14-28/h1-28H;2*1-24H. The number of nitriles is 3. The van der Waals surface area contributed by atoms with E-state index in [1.165, 1.54) is 66.8 Å². The quantitative estimate of drug-likeness (QED) is 0.124. The van der Waals surface area contributed by atoms with Gasteiger partial charge in [-0.25, -0.2) is 44.9 Å². The highest BCUT2D eigenvalue weighted by Gasteiger charge is 2.57. The van der Waals surface area contributed by atoms with Crippen molar-refractivity contribution in [2.24, 2.45) is 0 Å². The molecular weight excluding hydrogens is 1840 g/mol. The van der Waals surface area contributed by atoms with Crippen molar-refractivity contribution in [3.63, 3.8) is 0 Å². The molecule has 0 N–H and O–H groups in total. The maximum absolute atomic E-state index is 10.3. The smallest absolute Gasteiger partial charge is 0.167 e. The van der Waals surface area contributed by atoms with Gasteiger partial charge in [0.25, 0.3) is 0 Å². The Hall–Kier alpha value is -20.7. The lowest BCUT2D eigenvalue weighted by Gasteiger charge is -2.31. The first kappa shape index (κ1) is 86.0. The van der Waals surface area contributed by atoms with Gasteiger partial charge in [-0.3, -0.25) is 0 Å². The third-order valence-electron chi connectivity index (χ3n) is 30.8. The summed E-state index contributed by atoms with van der Waals surface area (Å²) in [4.78, 5) is 45.5. The maximum atomic E-state index is 10.3. The molecule has 6 heterocycles. The topological polar surface area (TPSA) is 227 Å².